The van der Waals surface area contributed by atoms with E-state index in [-0.39, 0.29) is 6.04 Å². The Morgan fingerprint density at radius 3 is 2.38 bits per heavy atom. The molecular formula is C19H22BrN. The van der Waals surface area contributed by atoms with Gasteiger partial charge in [0, 0.05) is 4.47 Å². The van der Waals surface area contributed by atoms with Crippen LogP contribution >= 0.6 is 15.9 Å². The Labute approximate surface area is 135 Å². The van der Waals surface area contributed by atoms with E-state index in [2.05, 4.69) is 76.7 Å². The Bertz CT molecular complexity index is 587. The SMILES string of the molecule is CCNC(c1ccc(C2CCC2)cc1)c1ccccc1Br. The zero-order chi connectivity index (χ0) is 14.7. The second-order valence-electron chi connectivity index (χ2n) is 5.81. The molecule has 2 aromatic carbocycles. The predicted molar refractivity (Wildman–Crippen MR) is 92.7 cm³/mol. The van der Waals surface area contributed by atoms with Crippen LogP contribution < -0.4 is 5.32 Å². The van der Waals surface area contributed by atoms with Crippen molar-refractivity contribution in [2.45, 2.75) is 38.1 Å². The van der Waals surface area contributed by atoms with Gasteiger partial charge in [0.25, 0.3) is 0 Å². The van der Waals surface area contributed by atoms with E-state index in [0.717, 1.165) is 12.5 Å². The first-order valence-corrected chi connectivity index (χ1v) is 8.66. The molecule has 3 rings (SSSR count). The lowest BCUT2D eigenvalue weighted by Crippen LogP contribution is -2.22. The molecule has 1 aliphatic carbocycles. The lowest BCUT2D eigenvalue weighted by atomic mass is 9.79. The van der Waals surface area contributed by atoms with Gasteiger partial charge in [-0.25, -0.2) is 0 Å². The van der Waals surface area contributed by atoms with Gasteiger partial charge in [-0.05, 0) is 48.1 Å². The standard InChI is InChI=1S/C19H22BrN/c1-2-21-19(17-8-3-4-9-18(17)20)16-12-10-15(11-13-16)14-6-5-7-14/h3-4,8-14,19,21H,2,5-7H2,1H3. The molecule has 1 unspecified atom stereocenters. The fourth-order valence-electron chi connectivity index (χ4n) is 3.02. The van der Waals surface area contributed by atoms with Crippen molar-refractivity contribution in [1.29, 1.82) is 0 Å². The molecule has 1 fully saturated rings. The molecule has 2 aromatic rings. The molecule has 1 N–H and O–H groups in total. The van der Waals surface area contributed by atoms with Gasteiger partial charge < -0.3 is 5.32 Å². The van der Waals surface area contributed by atoms with E-state index in [1.807, 2.05) is 0 Å². The summed E-state index contributed by atoms with van der Waals surface area (Å²) in [5, 5.41) is 3.60. The fourth-order valence-corrected chi connectivity index (χ4v) is 3.54. The largest absolute Gasteiger partial charge is 0.306 e. The molecule has 110 valence electrons. The summed E-state index contributed by atoms with van der Waals surface area (Å²) in [5.41, 5.74) is 4.15. The summed E-state index contributed by atoms with van der Waals surface area (Å²) in [6, 6.07) is 17.9. The molecule has 1 nitrogen and oxygen atoms in total. The highest BCUT2D eigenvalue weighted by molar-refractivity contribution is 9.10. The van der Waals surface area contributed by atoms with Gasteiger partial charge in [0.15, 0.2) is 0 Å². The average Bonchev–Trinajstić information content (AvgIpc) is 2.45. The van der Waals surface area contributed by atoms with Gasteiger partial charge in [0.2, 0.25) is 0 Å². The summed E-state index contributed by atoms with van der Waals surface area (Å²) in [7, 11) is 0. The van der Waals surface area contributed by atoms with Gasteiger partial charge in [-0.1, -0.05) is 71.7 Å². The third-order valence-electron chi connectivity index (χ3n) is 4.47. The molecule has 1 saturated carbocycles. The highest BCUT2D eigenvalue weighted by atomic mass is 79.9. The Kier molecular flexibility index (Phi) is 4.77. The summed E-state index contributed by atoms with van der Waals surface area (Å²) in [5.74, 6) is 0.806. The molecule has 0 amide bonds. The summed E-state index contributed by atoms with van der Waals surface area (Å²) < 4.78 is 1.17. The third kappa shape index (κ3) is 3.22. The molecule has 0 heterocycles. The first-order chi connectivity index (χ1) is 10.3. The van der Waals surface area contributed by atoms with E-state index < -0.39 is 0 Å². The lowest BCUT2D eigenvalue weighted by Gasteiger charge is -2.26. The normalized spacial score (nSPS) is 16.5. The minimum atomic E-state index is 0.251. The van der Waals surface area contributed by atoms with Crippen LogP contribution in [0, 0.1) is 0 Å². The lowest BCUT2D eigenvalue weighted by molar-refractivity contribution is 0.419. The predicted octanol–water partition coefficient (Wildman–Crippen LogP) is 5.42. The molecular weight excluding hydrogens is 322 g/mol. The summed E-state index contributed by atoms with van der Waals surface area (Å²) in [6.45, 7) is 3.11. The molecule has 1 atom stereocenters. The van der Waals surface area contributed by atoms with Crippen LogP contribution in [-0.2, 0) is 0 Å². The van der Waals surface area contributed by atoms with E-state index in [4.69, 9.17) is 0 Å². The zero-order valence-electron chi connectivity index (χ0n) is 12.5. The quantitative estimate of drug-likeness (QED) is 0.764. The second-order valence-corrected chi connectivity index (χ2v) is 6.66. The highest BCUT2D eigenvalue weighted by Gasteiger charge is 2.20. The highest BCUT2D eigenvalue weighted by Crippen LogP contribution is 2.37. The van der Waals surface area contributed by atoms with E-state index in [1.165, 1.54) is 40.4 Å². The summed E-state index contributed by atoms with van der Waals surface area (Å²) >= 11 is 3.68. The van der Waals surface area contributed by atoms with Crippen LogP contribution in [0.15, 0.2) is 53.0 Å². The van der Waals surface area contributed by atoms with E-state index in [9.17, 15) is 0 Å². The second kappa shape index (κ2) is 6.76. The first kappa shape index (κ1) is 14.8. The Morgan fingerprint density at radius 2 is 1.81 bits per heavy atom. The van der Waals surface area contributed by atoms with Gasteiger partial charge in [-0.15, -0.1) is 0 Å². The van der Waals surface area contributed by atoms with Crippen LogP contribution in [0.5, 0.6) is 0 Å². The number of hydrogen-bond donors (Lipinski definition) is 1. The maximum Gasteiger partial charge on any atom is 0.0587 e. The minimum Gasteiger partial charge on any atom is -0.306 e. The third-order valence-corrected chi connectivity index (χ3v) is 5.19. The molecule has 0 radical (unpaired) electrons. The van der Waals surface area contributed by atoms with Crippen molar-refractivity contribution in [3.8, 4) is 0 Å². The van der Waals surface area contributed by atoms with Crippen molar-refractivity contribution < 1.29 is 0 Å². The van der Waals surface area contributed by atoms with Crippen molar-refractivity contribution in [2.24, 2.45) is 0 Å². The topological polar surface area (TPSA) is 12.0 Å². The van der Waals surface area contributed by atoms with Crippen LogP contribution in [0.1, 0.15) is 54.8 Å². The molecule has 0 saturated heterocycles. The van der Waals surface area contributed by atoms with Crippen LogP contribution in [0.4, 0.5) is 0 Å². The minimum absolute atomic E-state index is 0.251. The number of halogens is 1. The molecule has 0 bridgehead atoms. The van der Waals surface area contributed by atoms with E-state index >= 15 is 0 Å². The zero-order valence-corrected chi connectivity index (χ0v) is 14.1. The number of rotatable bonds is 5. The van der Waals surface area contributed by atoms with Crippen molar-refractivity contribution in [2.75, 3.05) is 6.54 Å². The maximum absolute atomic E-state index is 3.68. The smallest absolute Gasteiger partial charge is 0.0587 e. The van der Waals surface area contributed by atoms with Crippen molar-refractivity contribution in [3.63, 3.8) is 0 Å². The number of nitrogens with one attached hydrogen (secondary N) is 1. The molecule has 2 heteroatoms. The van der Waals surface area contributed by atoms with E-state index in [0.29, 0.717) is 0 Å². The molecule has 0 spiro atoms. The van der Waals surface area contributed by atoms with Crippen LogP contribution in [0.3, 0.4) is 0 Å². The summed E-state index contributed by atoms with van der Waals surface area (Å²) in [6.07, 6.45) is 4.11. The van der Waals surface area contributed by atoms with Crippen LogP contribution in [0.25, 0.3) is 0 Å². The van der Waals surface area contributed by atoms with Crippen molar-refractivity contribution >= 4 is 15.9 Å². The van der Waals surface area contributed by atoms with E-state index in [1.54, 1.807) is 0 Å². The first-order valence-electron chi connectivity index (χ1n) is 7.87. The number of benzene rings is 2. The van der Waals surface area contributed by atoms with Crippen LogP contribution in [0.2, 0.25) is 0 Å². The van der Waals surface area contributed by atoms with Crippen LogP contribution in [-0.4, -0.2) is 6.54 Å². The Balaban J connectivity index is 1.88. The molecule has 21 heavy (non-hydrogen) atoms. The summed E-state index contributed by atoms with van der Waals surface area (Å²) in [4.78, 5) is 0. The maximum atomic E-state index is 3.68. The van der Waals surface area contributed by atoms with Gasteiger partial charge in [0.05, 0.1) is 6.04 Å². The Morgan fingerprint density at radius 1 is 1.10 bits per heavy atom. The fraction of sp³-hybridized carbons (Fsp3) is 0.368. The Hall–Kier alpha value is -1.12. The van der Waals surface area contributed by atoms with Gasteiger partial charge in [-0.2, -0.15) is 0 Å². The van der Waals surface area contributed by atoms with Gasteiger partial charge in [0.1, 0.15) is 0 Å². The van der Waals surface area contributed by atoms with Gasteiger partial charge in [-0.3, -0.25) is 0 Å². The molecule has 0 aromatic heterocycles. The molecule has 0 aliphatic heterocycles. The monoisotopic (exact) mass is 343 g/mol. The van der Waals surface area contributed by atoms with Crippen molar-refractivity contribution in [1.82, 2.24) is 5.32 Å². The van der Waals surface area contributed by atoms with Crippen molar-refractivity contribution in [3.05, 3.63) is 69.7 Å². The van der Waals surface area contributed by atoms with Gasteiger partial charge >= 0.3 is 0 Å². The molecule has 1 aliphatic rings. The average molecular weight is 344 g/mol. The number of hydrogen-bond acceptors (Lipinski definition) is 1.